The smallest absolute Gasteiger partial charge is 0.119 e. The van der Waals surface area contributed by atoms with Crippen LogP contribution < -0.4 is 4.74 Å². The van der Waals surface area contributed by atoms with Crippen molar-refractivity contribution in [1.29, 1.82) is 0 Å². The van der Waals surface area contributed by atoms with Gasteiger partial charge in [0.1, 0.15) is 5.75 Å². The van der Waals surface area contributed by atoms with Crippen molar-refractivity contribution in [2.75, 3.05) is 7.11 Å². The monoisotopic (exact) mass is 268 g/mol. The predicted molar refractivity (Wildman–Crippen MR) is 79.9 cm³/mol. The molecule has 2 nitrogen and oxygen atoms in total. The Morgan fingerprint density at radius 1 is 1.10 bits per heavy atom. The Kier molecular flexibility index (Phi) is 3.75. The predicted octanol–water partition coefficient (Wildman–Crippen LogP) is 3.53. The van der Waals surface area contributed by atoms with Crippen molar-refractivity contribution in [2.24, 2.45) is 5.92 Å². The van der Waals surface area contributed by atoms with E-state index in [0.717, 1.165) is 30.6 Å². The van der Waals surface area contributed by atoms with Gasteiger partial charge in [-0.05, 0) is 54.0 Å². The number of methoxy groups -OCH3 is 1. The van der Waals surface area contributed by atoms with Crippen LogP contribution in [0.3, 0.4) is 0 Å². The fourth-order valence-corrected chi connectivity index (χ4v) is 3.09. The molecule has 0 bridgehead atoms. The van der Waals surface area contributed by atoms with Gasteiger partial charge in [0.2, 0.25) is 0 Å². The van der Waals surface area contributed by atoms with Crippen LogP contribution >= 0.6 is 0 Å². The van der Waals surface area contributed by atoms with Gasteiger partial charge < -0.3 is 9.84 Å². The summed E-state index contributed by atoms with van der Waals surface area (Å²) >= 11 is 0. The maximum atomic E-state index is 10.6. The van der Waals surface area contributed by atoms with Gasteiger partial charge in [0.25, 0.3) is 0 Å². The highest BCUT2D eigenvalue weighted by molar-refractivity contribution is 5.33. The average molecular weight is 268 g/mol. The number of ether oxygens (including phenoxy) is 1. The third-order valence-electron chi connectivity index (χ3n) is 4.27. The quantitative estimate of drug-likeness (QED) is 0.922. The summed E-state index contributed by atoms with van der Waals surface area (Å²) in [6.07, 6.45) is 2.63. The molecule has 3 rings (SSSR count). The second-order valence-corrected chi connectivity index (χ2v) is 5.49. The number of aliphatic hydroxyl groups is 1. The summed E-state index contributed by atoms with van der Waals surface area (Å²) in [7, 11) is 1.66. The van der Waals surface area contributed by atoms with Gasteiger partial charge in [-0.2, -0.15) is 0 Å². The first-order valence-corrected chi connectivity index (χ1v) is 7.16. The number of fused-ring (bicyclic) bond motifs is 1. The molecular formula is C18H20O2. The summed E-state index contributed by atoms with van der Waals surface area (Å²) in [5, 5.41) is 10.6. The lowest BCUT2D eigenvalue weighted by Gasteiger charge is -2.29. The maximum Gasteiger partial charge on any atom is 0.119 e. The molecule has 1 aliphatic rings. The second kappa shape index (κ2) is 5.68. The summed E-state index contributed by atoms with van der Waals surface area (Å²) < 4.78 is 5.24. The highest BCUT2D eigenvalue weighted by atomic mass is 16.5. The molecule has 0 amide bonds. The van der Waals surface area contributed by atoms with Gasteiger partial charge in [0.05, 0.1) is 13.2 Å². The van der Waals surface area contributed by atoms with E-state index in [-0.39, 0.29) is 5.92 Å². The molecule has 2 unspecified atom stereocenters. The van der Waals surface area contributed by atoms with E-state index < -0.39 is 6.10 Å². The molecule has 20 heavy (non-hydrogen) atoms. The summed E-state index contributed by atoms with van der Waals surface area (Å²) in [5.74, 6) is 1.09. The van der Waals surface area contributed by atoms with Gasteiger partial charge in [-0.3, -0.25) is 0 Å². The Balaban J connectivity index is 1.80. The molecule has 2 heteroatoms. The lowest BCUT2D eigenvalue weighted by Crippen LogP contribution is -2.21. The molecule has 104 valence electrons. The molecule has 2 atom stereocenters. The van der Waals surface area contributed by atoms with Crippen LogP contribution in [0.4, 0.5) is 0 Å². The van der Waals surface area contributed by atoms with E-state index >= 15 is 0 Å². The Hall–Kier alpha value is -1.80. The zero-order chi connectivity index (χ0) is 13.9. The Labute approximate surface area is 120 Å². The van der Waals surface area contributed by atoms with Crippen molar-refractivity contribution in [3.05, 3.63) is 65.2 Å². The van der Waals surface area contributed by atoms with E-state index in [1.165, 1.54) is 11.1 Å². The van der Waals surface area contributed by atoms with Gasteiger partial charge in [0.15, 0.2) is 0 Å². The minimum Gasteiger partial charge on any atom is -0.497 e. The van der Waals surface area contributed by atoms with Crippen LogP contribution in [-0.4, -0.2) is 12.2 Å². The third kappa shape index (κ3) is 2.56. The molecule has 0 aromatic heterocycles. The van der Waals surface area contributed by atoms with E-state index in [4.69, 9.17) is 4.74 Å². The first-order valence-electron chi connectivity index (χ1n) is 7.16. The Morgan fingerprint density at radius 3 is 2.70 bits per heavy atom. The molecule has 0 fully saturated rings. The van der Waals surface area contributed by atoms with Crippen LogP contribution in [0.1, 0.15) is 29.2 Å². The first kappa shape index (κ1) is 13.2. The largest absolute Gasteiger partial charge is 0.497 e. The molecule has 2 aromatic rings. The van der Waals surface area contributed by atoms with E-state index in [1.807, 2.05) is 24.3 Å². The number of hydrogen-bond donors (Lipinski definition) is 1. The van der Waals surface area contributed by atoms with Crippen molar-refractivity contribution in [2.45, 2.75) is 25.4 Å². The summed E-state index contributed by atoms with van der Waals surface area (Å²) in [5.41, 5.74) is 3.76. The lowest BCUT2D eigenvalue weighted by molar-refractivity contribution is 0.0993. The molecule has 1 aliphatic carbocycles. The van der Waals surface area contributed by atoms with Crippen molar-refractivity contribution < 1.29 is 9.84 Å². The zero-order valence-electron chi connectivity index (χ0n) is 11.8. The fourth-order valence-electron chi connectivity index (χ4n) is 3.09. The van der Waals surface area contributed by atoms with Crippen LogP contribution in [0.15, 0.2) is 48.5 Å². The van der Waals surface area contributed by atoms with Crippen LogP contribution in [0, 0.1) is 5.92 Å². The van der Waals surface area contributed by atoms with Crippen molar-refractivity contribution in [1.82, 2.24) is 0 Å². The Morgan fingerprint density at radius 2 is 1.90 bits per heavy atom. The highest BCUT2D eigenvalue weighted by Gasteiger charge is 2.25. The molecule has 1 N–H and O–H groups in total. The van der Waals surface area contributed by atoms with E-state index in [0.29, 0.717) is 0 Å². The van der Waals surface area contributed by atoms with Crippen molar-refractivity contribution >= 4 is 0 Å². The highest BCUT2D eigenvalue weighted by Crippen LogP contribution is 2.34. The lowest BCUT2D eigenvalue weighted by atomic mass is 9.79. The molecular weight excluding hydrogens is 248 g/mol. The molecule has 0 aliphatic heterocycles. The topological polar surface area (TPSA) is 29.5 Å². The normalized spacial score (nSPS) is 19.2. The minimum atomic E-state index is -0.418. The van der Waals surface area contributed by atoms with E-state index in [2.05, 4.69) is 24.3 Å². The molecule has 0 saturated carbocycles. The number of rotatable bonds is 3. The summed E-state index contributed by atoms with van der Waals surface area (Å²) in [4.78, 5) is 0. The van der Waals surface area contributed by atoms with E-state index in [1.54, 1.807) is 7.11 Å². The molecule has 0 radical (unpaired) electrons. The van der Waals surface area contributed by atoms with Crippen molar-refractivity contribution in [3.8, 4) is 5.75 Å². The van der Waals surface area contributed by atoms with Gasteiger partial charge in [-0.25, -0.2) is 0 Å². The summed E-state index contributed by atoms with van der Waals surface area (Å²) in [6.45, 7) is 0. The van der Waals surface area contributed by atoms with Gasteiger partial charge in [0, 0.05) is 0 Å². The number of benzene rings is 2. The van der Waals surface area contributed by atoms with Crippen LogP contribution in [0.25, 0.3) is 0 Å². The van der Waals surface area contributed by atoms with Crippen LogP contribution in [0.5, 0.6) is 5.75 Å². The minimum absolute atomic E-state index is 0.289. The molecule has 2 aromatic carbocycles. The van der Waals surface area contributed by atoms with Crippen molar-refractivity contribution in [3.63, 3.8) is 0 Å². The number of aliphatic hydroxyl groups excluding tert-OH is 1. The fraction of sp³-hybridized carbons (Fsp3) is 0.333. The maximum absolute atomic E-state index is 10.6. The van der Waals surface area contributed by atoms with E-state index in [9.17, 15) is 5.11 Å². The number of aryl methyl sites for hydroxylation is 1. The molecule has 0 saturated heterocycles. The van der Waals surface area contributed by atoms with Gasteiger partial charge in [-0.15, -0.1) is 0 Å². The third-order valence-corrected chi connectivity index (χ3v) is 4.27. The SMILES string of the molecule is COc1cccc(C(O)C2CCc3ccccc3C2)c1. The summed E-state index contributed by atoms with van der Waals surface area (Å²) in [6, 6.07) is 16.3. The molecule has 0 spiro atoms. The first-order chi connectivity index (χ1) is 9.78. The standard InChI is InChI=1S/C18H20O2/c1-20-17-8-4-7-15(12-17)18(19)16-10-9-13-5-2-3-6-14(13)11-16/h2-8,12,16,18-19H,9-11H2,1H3. The average Bonchev–Trinajstić information content (AvgIpc) is 2.53. The number of hydrogen-bond acceptors (Lipinski definition) is 2. The Bertz CT molecular complexity index is 591. The second-order valence-electron chi connectivity index (χ2n) is 5.49. The van der Waals surface area contributed by atoms with Crippen LogP contribution in [0.2, 0.25) is 0 Å². The zero-order valence-corrected chi connectivity index (χ0v) is 11.8. The van der Waals surface area contributed by atoms with Gasteiger partial charge in [-0.1, -0.05) is 36.4 Å². The van der Waals surface area contributed by atoms with Crippen LogP contribution in [-0.2, 0) is 12.8 Å². The molecule has 0 heterocycles. The van der Waals surface area contributed by atoms with Gasteiger partial charge >= 0.3 is 0 Å².